The van der Waals surface area contributed by atoms with Gasteiger partial charge in [-0.25, -0.2) is 4.39 Å². The monoisotopic (exact) mass is 240 g/mol. The van der Waals surface area contributed by atoms with E-state index in [2.05, 4.69) is 0 Å². The van der Waals surface area contributed by atoms with Crippen LogP contribution in [0.3, 0.4) is 0 Å². The van der Waals surface area contributed by atoms with Crippen LogP contribution in [0.1, 0.15) is 18.5 Å². The van der Waals surface area contributed by atoms with E-state index in [-0.39, 0.29) is 11.7 Å². The number of hydrogen-bond donors (Lipinski definition) is 1. The van der Waals surface area contributed by atoms with Crippen LogP contribution in [0.15, 0.2) is 18.2 Å². The number of likely N-dealkylation sites (N-methyl/N-ethyl adjacent to an activating group) is 1. The smallest absolute Gasteiger partial charge is 0.243 e. The number of rotatable bonds is 4. The fourth-order valence-corrected chi connectivity index (χ4v) is 1.40. The van der Waals surface area contributed by atoms with Gasteiger partial charge in [-0.05, 0) is 24.6 Å². The average Bonchev–Trinajstić information content (AvgIpc) is 2.30. The summed E-state index contributed by atoms with van der Waals surface area (Å²) in [5, 5.41) is 0. The average molecular weight is 240 g/mol. The summed E-state index contributed by atoms with van der Waals surface area (Å²) in [6, 6.07) is 3.46. The molecule has 5 heteroatoms. The number of amides is 1. The Labute approximate surface area is 100 Å². The highest BCUT2D eigenvalue weighted by Crippen LogP contribution is 2.21. The lowest BCUT2D eigenvalue weighted by atomic mass is 10.1. The van der Waals surface area contributed by atoms with E-state index in [9.17, 15) is 9.18 Å². The number of halogens is 1. The highest BCUT2D eigenvalue weighted by Gasteiger charge is 2.18. The van der Waals surface area contributed by atoms with Crippen LogP contribution in [-0.4, -0.2) is 31.5 Å². The first-order valence-electron chi connectivity index (χ1n) is 5.36. The van der Waals surface area contributed by atoms with E-state index in [1.54, 1.807) is 27.1 Å². The van der Waals surface area contributed by atoms with Crippen molar-refractivity contribution in [1.29, 1.82) is 0 Å². The third-order valence-corrected chi connectivity index (χ3v) is 2.32. The van der Waals surface area contributed by atoms with Crippen LogP contribution >= 0.6 is 0 Å². The number of nitrogens with two attached hydrogens (primary N) is 1. The highest BCUT2D eigenvalue weighted by atomic mass is 19.1. The molecule has 1 amide bonds. The van der Waals surface area contributed by atoms with Gasteiger partial charge in [-0.1, -0.05) is 6.07 Å². The molecule has 0 heterocycles. The van der Waals surface area contributed by atoms with E-state index >= 15 is 0 Å². The van der Waals surface area contributed by atoms with Crippen molar-refractivity contribution in [3.63, 3.8) is 0 Å². The van der Waals surface area contributed by atoms with Crippen molar-refractivity contribution < 1.29 is 13.9 Å². The minimum Gasteiger partial charge on any atom is -0.491 e. The molecule has 0 aliphatic heterocycles. The van der Waals surface area contributed by atoms with E-state index in [1.807, 2.05) is 0 Å². The molecule has 0 bridgehead atoms. The summed E-state index contributed by atoms with van der Waals surface area (Å²) in [5.41, 5.74) is 6.17. The third-order valence-electron chi connectivity index (χ3n) is 2.32. The maximum Gasteiger partial charge on any atom is 0.243 e. The van der Waals surface area contributed by atoms with E-state index < -0.39 is 11.9 Å². The highest BCUT2D eigenvalue weighted by molar-refractivity contribution is 5.82. The van der Waals surface area contributed by atoms with Crippen LogP contribution in [0.4, 0.5) is 4.39 Å². The molecule has 94 valence electrons. The van der Waals surface area contributed by atoms with Crippen molar-refractivity contribution in [2.75, 3.05) is 20.7 Å². The minimum atomic E-state index is -0.852. The summed E-state index contributed by atoms with van der Waals surface area (Å²) in [4.78, 5) is 13.0. The first-order chi connectivity index (χ1) is 7.97. The van der Waals surface area contributed by atoms with Crippen LogP contribution in [0.5, 0.6) is 5.75 Å². The molecule has 0 saturated carbocycles. The lowest BCUT2D eigenvalue weighted by molar-refractivity contribution is -0.130. The predicted octanol–water partition coefficient (Wildman–Crippen LogP) is 1.31. The Morgan fingerprint density at radius 1 is 1.53 bits per heavy atom. The van der Waals surface area contributed by atoms with Crippen molar-refractivity contribution >= 4 is 5.91 Å². The van der Waals surface area contributed by atoms with Gasteiger partial charge in [0.1, 0.15) is 6.04 Å². The molecule has 0 aliphatic rings. The molecular formula is C12H17FN2O2. The molecule has 1 unspecified atom stereocenters. The Kier molecular flexibility index (Phi) is 4.45. The second-order valence-corrected chi connectivity index (χ2v) is 3.83. The van der Waals surface area contributed by atoms with Gasteiger partial charge in [0.05, 0.1) is 6.61 Å². The van der Waals surface area contributed by atoms with Crippen LogP contribution in [0.2, 0.25) is 0 Å². The zero-order chi connectivity index (χ0) is 13.0. The first kappa shape index (κ1) is 13.4. The van der Waals surface area contributed by atoms with Crippen molar-refractivity contribution in [1.82, 2.24) is 4.90 Å². The molecule has 4 nitrogen and oxygen atoms in total. The molecule has 0 radical (unpaired) electrons. The fourth-order valence-electron chi connectivity index (χ4n) is 1.40. The summed E-state index contributed by atoms with van der Waals surface area (Å²) >= 11 is 0. The molecule has 1 atom stereocenters. The second kappa shape index (κ2) is 5.63. The van der Waals surface area contributed by atoms with Gasteiger partial charge < -0.3 is 15.4 Å². The molecule has 0 spiro atoms. The fraction of sp³-hybridized carbons (Fsp3) is 0.417. The SMILES string of the molecule is CCOc1ccc(C(N)C(=O)N(C)C)cc1F. The van der Waals surface area contributed by atoms with E-state index in [0.29, 0.717) is 12.2 Å². The number of carbonyl (C=O) groups excluding carboxylic acids is 1. The molecule has 1 rings (SSSR count). The van der Waals surface area contributed by atoms with Crippen LogP contribution in [0.25, 0.3) is 0 Å². The van der Waals surface area contributed by atoms with Gasteiger partial charge in [0.25, 0.3) is 0 Å². The quantitative estimate of drug-likeness (QED) is 0.863. The zero-order valence-corrected chi connectivity index (χ0v) is 10.2. The molecule has 0 aromatic heterocycles. The normalized spacial score (nSPS) is 12.1. The van der Waals surface area contributed by atoms with Gasteiger partial charge in [-0.2, -0.15) is 0 Å². The molecule has 0 fully saturated rings. The second-order valence-electron chi connectivity index (χ2n) is 3.83. The van der Waals surface area contributed by atoms with Crippen molar-refractivity contribution in [3.05, 3.63) is 29.6 Å². The molecule has 0 aliphatic carbocycles. The number of ether oxygens (including phenoxy) is 1. The predicted molar refractivity (Wildman–Crippen MR) is 63.2 cm³/mol. The largest absolute Gasteiger partial charge is 0.491 e. The Hall–Kier alpha value is -1.62. The molecule has 17 heavy (non-hydrogen) atoms. The Balaban J connectivity index is 2.93. The Morgan fingerprint density at radius 3 is 2.65 bits per heavy atom. The van der Waals surface area contributed by atoms with Crippen molar-refractivity contribution in [3.8, 4) is 5.75 Å². The maximum absolute atomic E-state index is 13.6. The number of carbonyl (C=O) groups is 1. The zero-order valence-electron chi connectivity index (χ0n) is 10.2. The van der Waals surface area contributed by atoms with Gasteiger partial charge in [-0.3, -0.25) is 4.79 Å². The molecular weight excluding hydrogens is 223 g/mol. The molecule has 0 saturated heterocycles. The topological polar surface area (TPSA) is 55.6 Å². The standard InChI is InChI=1S/C12H17FN2O2/c1-4-17-10-6-5-8(7-9(10)13)11(14)12(16)15(2)3/h5-7,11H,4,14H2,1-3H3. The third kappa shape index (κ3) is 3.17. The minimum absolute atomic E-state index is 0.167. The van der Waals surface area contributed by atoms with E-state index in [1.165, 1.54) is 17.0 Å². The van der Waals surface area contributed by atoms with Gasteiger partial charge in [0.2, 0.25) is 5.91 Å². The molecule has 2 N–H and O–H groups in total. The van der Waals surface area contributed by atoms with Crippen molar-refractivity contribution in [2.24, 2.45) is 5.73 Å². The van der Waals surface area contributed by atoms with Gasteiger partial charge in [0.15, 0.2) is 11.6 Å². The van der Waals surface area contributed by atoms with Gasteiger partial charge in [0, 0.05) is 14.1 Å². The maximum atomic E-state index is 13.6. The van der Waals surface area contributed by atoms with Crippen LogP contribution < -0.4 is 10.5 Å². The van der Waals surface area contributed by atoms with E-state index in [4.69, 9.17) is 10.5 Å². The van der Waals surface area contributed by atoms with Crippen LogP contribution in [-0.2, 0) is 4.79 Å². The number of hydrogen-bond acceptors (Lipinski definition) is 3. The van der Waals surface area contributed by atoms with Gasteiger partial charge in [-0.15, -0.1) is 0 Å². The van der Waals surface area contributed by atoms with E-state index in [0.717, 1.165) is 0 Å². The van der Waals surface area contributed by atoms with Gasteiger partial charge >= 0.3 is 0 Å². The summed E-state index contributed by atoms with van der Waals surface area (Å²) < 4.78 is 18.6. The first-order valence-corrected chi connectivity index (χ1v) is 5.36. The summed E-state index contributed by atoms with van der Waals surface area (Å²) in [6.07, 6.45) is 0. The summed E-state index contributed by atoms with van der Waals surface area (Å²) in [5.74, 6) is -0.610. The van der Waals surface area contributed by atoms with Crippen LogP contribution in [0, 0.1) is 5.82 Å². The molecule has 1 aromatic rings. The summed E-state index contributed by atoms with van der Waals surface area (Å²) in [7, 11) is 3.21. The lowest BCUT2D eigenvalue weighted by Gasteiger charge is -2.17. The molecule has 1 aromatic carbocycles. The summed E-state index contributed by atoms with van der Waals surface area (Å²) in [6.45, 7) is 2.16. The number of benzene rings is 1. The lowest BCUT2D eigenvalue weighted by Crippen LogP contribution is -2.33. The Morgan fingerprint density at radius 2 is 2.18 bits per heavy atom. The number of nitrogens with zero attached hydrogens (tertiary/aromatic N) is 1. The van der Waals surface area contributed by atoms with Crippen molar-refractivity contribution in [2.45, 2.75) is 13.0 Å². The Bertz CT molecular complexity index is 407.